The number of rotatable bonds is 5. The number of aromatic nitrogens is 2. The van der Waals surface area contributed by atoms with Gasteiger partial charge in [0.1, 0.15) is 6.10 Å². The third kappa shape index (κ3) is 2.61. The number of nitrogen functional groups attached to an aromatic ring is 1. The highest BCUT2D eigenvalue weighted by molar-refractivity contribution is 5.25. The number of benzene rings is 1. The zero-order valence-electron chi connectivity index (χ0n) is 9.46. The molecule has 0 spiro atoms. The van der Waals surface area contributed by atoms with Crippen LogP contribution in [-0.4, -0.2) is 16.7 Å². The molecule has 1 aromatic heterocycles. The van der Waals surface area contributed by atoms with Crippen LogP contribution in [0.3, 0.4) is 0 Å². The molecule has 0 aliphatic carbocycles. The molecule has 6 nitrogen and oxygen atoms in total. The lowest BCUT2D eigenvalue weighted by molar-refractivity contribution is 0.0833. The molecule has 1 atom stereocenters. The SMILES string of the molecule is CCOC(c1ccccc1)c1noc(NN)n1. The van der Waals surface area contributed by atoms with Gasteiger partial charge >= 0.3 is 6.01 Å². The lowest BCUT2D eigenvalue weighted by atomic mass is 10.1. The summed E-state index contributed by atoms with van der Waals surface area (Å²) < 4.78 is 10.5. The largest absolute Gasteiger partial charge is 0.366 e. The van der Waals surface area contributed by atoms with Gasteiger partial charge in [-0.05, 0) is 12.5 Å². The zero-order chi connectivity index (χ0) is 12.1. The Hall–Kier alpha value is -1.92. The molecule has 17 heavy (non-hydrogen) atoms. The molecule has 0 radical (unpaired) electrons. The number of ether oxygens (including phenoxy) is 1. The first-order valence-electron chi connectivity index (χ1n) is 5.32. The molecule has 1 aromatic carbocycles. The fourth-order valence-corrected chi connectivity index (χ4v) is 1.51. The van der Waals surface area contributed by atoms with Gasteiger partial charge in [0.15, 0.2) is 0 Å². The van der Waals surface area contributed by atoms with Crippen LogP contribution in [0, 0.1) is 0 Å². The minimum Gasteiger partial charge on any atom is -0.366 e. The van der Waals surface area contributed by atoms with Gasteiger partial charge in [-0.15, -0.1) is 0 Å². The quantitative estimate of drug-likeness (QED) is 0.602. The Morgan fingerprint density at radius 1 is 1.41 bits per heavy atom. The van der Waals surface area contributed by atoms with Crippen molar-refractivity contribution in [3.63, 3.8) is 0 Å². The smallest absolute Gasteiger partial charge is 0.335 e. The molecule has 0 amide bonds. The van der Waals surface area contributed by atoms with E-state index in [4.69, 9.17) is 15.1 Å². The van der Waals surface area contributed by atoms with E-state index >= 15 is 0 Å². The van der Waals surface area contributed by atoms with Crippen molar-refractivity contribution in [3.8, 4) is 0 Å². The van der Waals surface area contributed by atoms with Gasteiger partial charge in [0.05, 0.1) is 0 Å². The molecule has 3 N–H and O–H groups in total. The third-order valence-corrected chi connectivity index (χ3v) is 2.24. The number of nitrogens with one attached hydrogen (secondary N) is 1. The van der Waals surface area contributed by atoms with E-state index in [0.717, 1.165) is 5.56 Å². The highest BCUT2D eigenvalue weighted by Crippen LogP contribution is 2.24. The first-order chi connectivity index (χ1) is 8.35. The summed E-state index contributed by atoms with van der Waals surface area (Å²) in [6.45, 7) is 2.47. The van der Waals surface area contributed by atoms with Crippen LogP contribution in [0.15, 0.2) is 34.9 Å². The zero-order valence-corrected chi connectivity index (χ0v) is 9.46. The van der Waals surface area contributed by atoms with E-state index in [9.17, 15) is 0 Å². The molecule has 1 unspecified atom stereocenters. The molecule has 0 bridgehead atoms. The number of hydrazine groups is 1. The van der Waals surface area contributed by atoms with E-state index in [1.807, 2.05) is 37.3 Å². The van der Waals surface area contributed by atoms with E-state index < -0.39 is 0 Å². The molecule has 0 aliphatic heterocycles. The molecular weight excluding hydrogens is 220 g/mol. The van der Waals surface area contributed by atoms with Crippen LogP contribution in [0.25, 0.3) is 0 Å². The fourth-order valence-electron chi connectivity index (χ4n) is 1.51. The Bertz CT molecular complexity index is 458. The van der Waals surface area contributed by atoms with Crippen molar-refractivity contribution in [2.24, 2.45) is 5.84 Å². The number of nitrogens with zero attached hydrogens (tertiary/aromatic N) is 2. The van der Waals surface area contributed by atoms with E-state index in [2.05, 4.69) is 15.6 Å². The van der Waals surface area contributed by atoms with Gasteiger partial charge in [-0.1, -0.05) is 35.5 Å². The third-order valence-electron chi connectivity index (χ3n) is 2.24. The summed E-state index contributed by atoms with van der Waals surface area (Å²) in [6.07, 6.45) is -0.341. The van der Waals surface area contributed by atoms with Crippen LogP contribution in [0.1, 0.15) is 24.4 Å². The fraction of sp³-hybridized carbons (Fsp3) is 0.273. The molecule has 2 rings (SSSR count). The summed E-state index contributed by atoms with van der Waals surface area (Å²) in [4.78, 5) is 4.09. The number of anilines is 1. The number of hydrogen-bond donors (Lipinski definition) is 2. The lowest BCUT2D eigenvalue weighted by Crippen LogP contribution is -2.09. The molecule has 0 aliphatic rings. The molecule has 6 heteroatoms. The standard InChI is InChI=1S/C11H14N4O2/c1-2-16-9(8-6-4-3-5-7-8)10-13-11(14-12)17-15-10/h3-7,9H,2,12H2,1H3,(H,13,14,15). The van der Waals surface area contributed by atoms with Gasteiger partial charge in [-0.2, -0.15) is 4.98 Å². The Labute approximate surface area is 98.7 Å². The van der Waals surface area contributed by atoms with Gasteiger partial charge in [0.2, 0.25) is 5.82 Å². The maximum absolute atomic E-state index is 5.62. The minimum atomic E-state index is -0.341. The van der Waals surface area contributed by atoms with Crippen molar-refractivity contribution in [2.45, 2.75) is 13.0 Å². The highest BCUT2D eigenvalue weighted by atomic mass is 16.5. The van der Waals surface area contributed by atoms with Gasteiger partial charge in [0.25, 0.3) is 0 Å². The number of hydrogen-bond acceptors (Lipinski definition) is 6. The average molecular weight is 234 g/mol. The van der Waals surface area contributed by atoms with E-state index in [-0.39, 0.29) is 12.1 Å². The van der Waals surface area contributed by atoms with Crippen LogP contribution >= 0.6 is 0 Å². The van der Waals surface area contributed by atoms with E-state index in [1.54, 1.807) is 0 Å². The molecule has 0 fully saturated rings. The van der Waals surface area contributed by atoms with Crippen molar-refractivity contribution >= 4 is 6.01 Å². The maximum Gasteiger partial charge on any atom is 0.335 e. The van der Waals surface area contributed by atoms with Crippen LogP contribution in [0.4, 0.5) is 6.01 Å². The summed E-state index contributed by atoms with van der Waals surface area (Å²) in [6, 6.07) is 9.88. The Morgan fingerprint density at radius 2 is 2.18 bits per heavy atom. The minimum absolute atomic E-state index is 0.167. The van der Waals surface area contributed by atoms with Crippen LogP contribution < -0.4 is 11.3 Å². The van der Waals surface area contributed by atoms with Crippen LogP contribution in [0.5, 0.6) is 0 Å². The molecule has 2 aromatic rings. The molecule has 0 saturated carbocycles. The van der Waals surface area contributed by atoms with Crippen LogP contribution in [0.2, 0.25) is 0 Å². The molecular formula is C11H14N4O2. The summed E-state index contributed by atoms with van der Waals surface area (Å²) in [5.74, 6) is 5.64. The van der Waals surface area contributed by atoms with E-state index in [0.29, 0.717) is 12.4 Å². The second kappa shape index (κ2) is 5.42. The summed E-state index contributed by atoms with van der Waals surface area (Å²) in [5.41, 5.74) is 3.27. The van der Waals surface area contributed by atoms with E-state index in [1.165, 1.54) is 0 Å². The molecule has 0 saturated heterocycles. The van der Waals surface area contributed by atoms with Crippen molar-refractivity contribution in [1.82, 2.24) is 10.1 Å². The second-order valence-corrected chi connectivity index (χ2v) is 3.35. The van der Waals surface area contributed by atoms with Gasteiger partial charge in [0, 0.05) is 6.61 Å². The Morgan fingerprint density at radius 3 is 2.76 bits per heavy atom. The maximum atomic E-state index is 5.62. The lowest BCUT2D eigenvalue weighted by Gasteiger charge is -2.13. The summed E-state index contributed by atoms with van der Waals surface area (Å²) in [5, 5.41) is 3.83. The first kappa shape index (κ1) is 11.6. The Kier molecular flexibility index (Phi) is 3.69. The van der Waals surface area contributed by atoms with Crippen molar-refractivity contribution < 1.29 is 9.26 Å². The first-order valence-corrected chi connectivity index (χ1v) is 5.32. The second-order valence-electron chi connectivity index (χ2n) is 3.35. The van der Waals surface area contributed by atoms with Crippen molar-refractivity contribution in [1.29, 1.82) is 0 Å². The molecule has 90 valence electrons. The normalized spacial score (nSPS) is 12.4. The molecule has 1 heterocycles. The average Bonchev–Trinajstić information content (AvgIpc) is 2.85. The van der Waals surface area contributed by atoms with Crippen LogP contribution in [-0.2, 0) is 4.74 Å². The predicted octanol–water partition coefficient (Wildman–Crippen LogP) is 1.48. The van der Waals surface area contributed by atoms with Gasteiger partial charge in [-0.3, -0.25) is 5.43 Å². The highest BCUT2D eigenvalue weighted by Gasteiger charge is 2.20. The number of nitrogens with two attached hydrogens (primary N) is 1. The topological polar surface area (TPSA) is 86.2 Å². The monoisotopic (exact) mass is 234 g/mol. The van der Waals surface area contributed by atoms with Gasteiger partial charge in [-0.25, -0.2) is 5.84 Å². The summed E-state index contributed by atoms with van der Waals surface area (Å²) in [7, 11) is 0. The van der Waals surface area contributed by atoms with Crippen molar-refractivity contribution in [2.75, 3.05) is 12.0 Å². The van der Waals surface area contributed by atoms with Crippen molar-refractivity contribution in [3.05, 3.63) is 41.7 Å². The summed E-state index contributed by atoms with van der Waals surface area (Å²) >= 11 is 0. The Balaban J connectivity index is 2.28. The predicted molar refractivity (Wildman–Crippen MR) is 62.0 cm³/mol. The van der Waals surface area contributed by atoms with Gasteiger partial charge < -0.3 is 9.26 Å².